The standard InChI is InChI=1S/C10H6N6O2S3/c17-7(13-9-15-11-3-19-9)5-1-2-6(21-5)8(18)14-10-16-12-4-20-10/h1-4H,(H,13,15,17)(H,14,16,18). The zero-order valence-corrected chi connectivity index (χ0v) is 12.6. The van der Waals surface area contributed by atoms with Gasteiger partial charge in [-0.1, -0.05) is 22.7 Å². The molecule has 0 aliphatic carbocycles. The minimum absolute atomic E-state index is 0.327. The van der Waals surface area contributed by atoms with Gasteiger partial charge in [0.1, 0.15) is 11.0 Å². The van der Waals surface area contributed by atoms with Crippen LogP contribution in [-0.2, 0) is 0 Å². The number of anilines is 2. The number of carbonyl (C=O) groups excluding carboxylic acids is 2. The van der Waals surface area contributed by atoms with Gasteiger partial charge in [-0.2, -0.15) is 0 Å². The van der Waals surface area contributed by atoms with Gasteiger partial charge in [0, 0.05) is 0 Å². The van der Waals surface area contributed by atoms with Crippen LogP contribution < -0.4 is 10.6 Å². The molecule has 3 heterocycles. The van der Waals surface area contributed by atoms with Crippen molar-refractivity contribution in [1.29, 1.82) is 0 Å². The third kappa shape index (κ3) is 3.26. The first-order valence-electron chi connectivity index (χ1n) is 5.47. The number of rotatable bonds is 4. The number of hydrogen-bond acceptors (Lipinski definition) is 9. The van der Waals surface area contributed by atoms with Crippen molar-refractivity contribution in [2.24, 2.45) is 0 Å². The predicted molar refractivity (Wildman–Crippen MR) is 80.0 cm³/mol. The van der Waals surface area contributed by atoms with E-state index in [4.69, 9.17) is 0 Å². The van der Waals surface area contributed by atoms with Crippen molar-refractivity contribution in [2.45, 2.75) is 0 Å². The summed E-state index contributed by atoms with van der Waals surface area (Å²) in [6, 6.07) is 3.16. The number of carbonyl (C=O) groups is 2. The molecule has 0 radical (unpaired) electrons. The molecular weight excluding hydrogens is 332 g/mol. The van der Waals surface area contributed by atoms with Crippen molar-refractivity contribution in [3.8, 4) is 0 Å². The van der Waals surface area contributed by atoms with Crippen LogP contribution in [0.5, 0.6) is 0 Å². The monoisotopic (exact) mass is 338 g/mol. The van der Waals surface area contributed by atoms with Crippen LogP contribution in [0.15, 0.2) is 23.2 Å². The van der Waals surface area contributed by atoms with Crippen LogP contribution in [0.1, 0.15) is 19.3 Å². The topological polar surface area (TPSA) is 110 Å². The maximum Gasteiger partial charge on any atom is 0.267 e. The van der Waals surface area contributed by atoms with Gasteiger partial charge < -0.3 is 0 Å². The fraction of sp³-hybridized carbons (Fsp3) is 0. The number of amides is 2. The largest absolute Gasteiger partial charge is 0.296 e. The van der Waals surface area contributed by atoms with Gasteiger partial charge >= 0.3 is 0 Å². The summed E-state index contributed by atoms with van der Waals surface area (Å²) in [4.78, 5) is 24.7. The lowest BCUT2D eigenvalue weighted by atomic mass is 10.4. The van der Waals surface area contributed by atoms with Crippen LogP contribution in [0.3, 0.4) is 0 Å². The fourth-order valence-electron chi connectivity index (χ4n) is 1.35. The molecule has 0 unspecified atom stereocenters. The Labute approximate surface area is 129 Å². The van der Waals surface area contributed by atoms with Gasteiger partial charge in [0.15, 0.2) is 0 Å². The maximum absolute atomic E-state index is 12.0. The number of aromatic nitrogens is 4. The lowest BCUT2D eigenvalue weighted by Gasteiger charge is -1.98. The van der Waals surface area contributed by atoms with Crippen LogP contribution >= 0.6 is 34.0 Å². The predicted octanol–water partition coefficient (Wildman–Crippen LogP) is 1.96. The minimum atomic E-state index is -0.327. The molecule has 3 aromatic heterocycles. The number of nitrogens with zero attached hydrogens (tertiary/aromatic N) is 4. The van der Waals surface area contributed by atoms with E-state index in [0.29, 0.717) is 20.0 Å². The lowest BCUT2D eigenvalue weighted by molar-refractivity contribution is 0.102. The molecule has 106 valence electrons. The Morgan fingerprint density at radius 2 is 1.33 bits per heavy atom. The molecule has 0 saturated carbocycles. The summed E-state index contributed by atoms with van der Waals surface area (Å²) in [5.74, 6) is -0.654. The number of nitrogens with one attached hydrogen (secondary N) is 2. The highest BCUT2D eigenvalue weighted by Gasteiger charge is 2.15. The molecule has 0 bridgehead atoms. The Balaban J connectivity index is 1.68. The van der Waals surface area contributed by atoms with E-state index >= 15 is 0 Å². The average Bonchev–Trinajstić information content (AvgIpc) is 3.21. The van der Waals surface area contributed by atoms with Crippen LogP contribution in [0.4, 0.5) is 10.3 Å². The smallest absolute Gasteiger partial charge is 0.267 e. The Kier molecular flexibility index (Phi) is 3.94. The zero-order chi connectivity index (χ0) is 14.7. The van der Waals surface area contributed by atoms with Crippen LogP contribution in [0.25, 0.3) is 0 Å². The molecule has 3 rings (SSSR count). The highest BCUT2D eigenvalue weighted by atomic mass is 32.1. The van der Waals surface area contributed by atoms with Gasteiger partial charge in [0.05, 0.1) is 9.75 Å². The van der Waals surface area contributed by atoms with Crippen LogP contribution in [0, 0.1) is 0 Å². The summed E-state index contributed by atoms with van der Waals surface area (Å²) in [6.07, 6.45) is 0. The van der Waals surface area contributed by atoms with Crippen molar-refractivity contribution < 1.29 is 9.59 Å². The summed E-state index contributed by atoms with van der Waals surface area (Å²) in [7, 11) is 0. The third-order valence-corrected chi connectivity index (χ3v) is 4.51. The van der Waals surface area contributed by atoms with Crippen molar-refractivity contribution in [3.63, 3.8) is 0 Å². The van der Waals surface area contributed by atoms with E-state index in [-0.39, 0.29) is 11.8 Å². The molecule has 11 heteroatoms. The molecule has 2 amide bonds. The van der Waals surface area contributed by atoms with E-state index in [9.17, 15) is 9.59 Å². The second kappa shape index (κ2) is 6.03. The van der Waals surface area contributed by atoms with Gasteiger partial charge in [0.2, 0.25) is 10.3 Å². The quantitative estimate of drug-likeness (QED) is 0.752. The lowest BCUT2D eigenvalue weighted by Crippen LogP contribution is -2.11. The second-order valence-corrected chi connectivity index (χ2v) is 6.31. The first-order chi connectivity index (χ1) is 10.2. The molecule has 2 N–H and O–H groups in total. The molecule has 0 fully saturated rings. The number of hydrogen-bond donors (Lipinski definition) is 2. The molecular formula is C10H6N6O2S3. The van der Waals surface area contributed by atoms with Gasteiger partial charge in [-0.25, -0.2) is 0 Å². The summed E-state index contributed by atoms with van der Waals surface area (Å²) in [6.45, 7) is 0. The van der Waals surface area contributed by atoms with Gasteiger partial charge in [-0.15, -0.1) is 31.7 Å². The summed E-state index contributed by atoms with van der Waals surface area (Å²) < 4.78 is 0. The van der Waals surface area contributed by atoms with E-state index in [1.54, 1.807) is 12.1 Å². The SMILES string of the molecule is O=C(Nc1nncs1)c1ccc(C(=O)Nc2nncs2)s1. The highest BCUT2D eigenvalue weighted by Crippen LogP contribution is 2.20. The molecule has 0 spiro atoms. The van der Waals surface area contributed by atoms with E-state index in [0.717, 1.165) is 11.3 Å². The third-order valence-electron chi connectivity index (χ3n) is 2.21. The van der Waals surface area contributed by atoms with E-state index in [1.165, 1.54) is 33.7 Å². The zero-order valence-electron chi connectivity index (χ0n) is 10.1. The molecule has 3 aromatic rings. The Bertz CT molecular complexity index is 689. The van der Waals surface area contributed by atoms with Gasteiger partial charge in [-0.3, -0.25) is 20.2 Å². The Morgan fingerprint density at radius 3 is 1.71 bits per heavy atom. The minimum Gasteiger partial charge on any atom is -0.296 e. The van der Waals surface area contributed by atoms with Gasteiger partial charge in [0.25, 0.3) is 11.8 Å². The molecule has 0 aliphatic rings. The Hall–Kier alpha value is -2.24. The van der Waals surface area contributed by atoms with E-state index in [2.05, 4.69) is 31.0 Å². The van der Waals surface area contributed by atoms with E-state index in [1.807, 2.05) is 0 Å². The number of thiophene rings is 1. The molecule has 0 aliphatic heterocycles. The molecule has 0 atom stereocenters. The summed E-state index contributed by atoms with van der Waals surface area (Å²) in [5, 5.41) is 20.7. The van der Waals surface area contributed by atoms with Crippen molar-refractivity contribution >= 4 is 56.1 Å². The van der Waals surface area contributed by atoms with Gasteiger partial charge in [-0.05, 0) is 12.1 Å². The highest BCUT2D eigenvalue weighted by molar-refractivity contribution is 7.17. The molecule has 0 saturated heterocycles. The van der Waals surface area contributed by atoms with Crippen molar-refractivity contribution in [1.82, 2.24) is 20.4 Å². The fourth-order valence-corrected chi connectivity index (χ4v) is 3.03. The summed E-state index contributed by atoms with van der Waals surface area (Å²) in [5.41, 5.74) is 3.04. The molecule has 21 heavy (non-hydrogen) atoms. The molecule has 0 aromatic carbocycles. The van der Waals surface area contributed by atoms with Crippen LogP contribution in [-0.4, -0.2) is 32.2 Å². The Morgan fingerprint density at radius 1 is 0.857 bits per heavy atom. The normalized spacial score (nSPS) is 10.3. The maximum atomic E-state index is 12.0. The average molecular weight is 338 g/mol. The van der Waals surface area contributed by atoms with Crippen LogP contribution in [0.2, 0.25) is 0 Å². The molecule has 8 nitrogen and oxygen atoms in total. The van der Waals surface area contributed by atoms with Crippen molar-refractivity contribution in [2.75, 3.05) is 10.6 Å². The van der Waals surface area contributed by atoms with Crippen molar-refractivity contribution in [3.05, 3.63) is 32.9 Å². The first-order valence-corrected chi connectivity index (χ1v) is 8.05. The van der Waals surface area contributed by atoms with E-state index < -0.39 is 0 Å². The second-order valence-electron chi connectivity index (χ2n) is 3.56. The first kappa shape index (κ1) is 13.7. The summed E-state index contributed by atoms with van der Waals surface area (Å²) >= 11 is 3.52.